The largest absolute Gasteiger partial charge is 0.467 e. The standard InChI is InChI=1S/C15H17ClN2O4S/c1-12(19)18(11-14-5-3-9-22-14)8-7-17-23(20,21)15-6-2-4-13(16)10-15/h2-6,9-10,17H,7-8,11H2,1H3. The summed E-state index contributed by atoms with van der Waals surface area (Å²) in [6.45, 7) is 2.04. The fourth-order valence-electron chi connectivity index (χ4n) is 1.97. The molecule has 1 amide bonds. The minimum absolute atomic E-state index is 0.0883. The van der Waals surface area contributed by atoms with Gasteiger partial charge in [0.2, 0.25) is 15.9 Å². The lowest BCUT2D eigenvalue weighted by atomic mass is 10.4. The number of benzene rings is 1. The minimum atomic E-state index is -3.66. The summed E-state index contributed by atoms with van der Waals surface area (Å²) in [6.07, 6.45) is 1.52. The molecule has 0 bridgehead atoms. The molecule has 0 aliphatic rings. The monoisotopic (exact) mass is 356 g/mol. The molecule has 1 N–H and O–H groups in total. The number of carbonyl (C=O) groups is 1. The Morgan fingerprint density at radius 3 is 2.70 bits per heavy atom. The molecule has 6 nitrogen and oxygen atoms in total. The van der Waals surface area contributed by atoms with Gasteiger partial charge in [-0.25, -0.2) is 13.1 Å². The molecule has 0 spiro atoms. The lowest BCUT2D eigenvalue weighted by Crippen LogP contribution is -2.37. The lowest BCUT2D eigenvalue weighted by molar-refractivity contribution is -0.129. The number of furan rings is 1. The molecular formula is C15H17ClN2O4S. The molecule has 1 aromatic carbocycles. The Balaban J connectivity index is 1.95. The molecule has 0 saturated heterocycles. The van der Waals surface area contributed by atoms with Gasteiger partial charge in [0.15, 0.2) is 0 Å². The Labute approximate surface area is 140 Å². The summed E-state index contributed by atoms with van der Waals surface area (Å²) in [7, 11) is -3.66. The van der Waals surface area contributed by atoms with Crippen LogP contribution in [0.5, 0.6) is 0 Å². The van der Waals surface area contributed by atoms with Gasteiger partial charge in [-0.15, -0.1) is 0 Å². The van der Waals surface area contributed by atoms with E-state index in [1.54, 1.807) is 24.3 Å². The van der Waals surface area contributed by atoms with Crippen LogP contribution in [0, 0.1) is 0 Å². The molecule has 1 aromatic heterocycles. The highest BCUT2D eigenvalue weighted by molar-refractivity contribution is 7.89. The molecule has 0 atom stereocenters. The number of amides is 1. The molecule has 8 heteroatoms. The van der Waals surface area contributed by atoms with Crippen molar-refractivity contribution in [3.05, 3.63) is 53.4 Å². The predicted octanol–water partition coefficient (Wildman–Crippen LogP) is 2.26. The number of halogens is 1. The Morgan fingerprint density at radius 2 is 2.09 bits per heavy atom. The maximum atomic E-state index is 12.2. The van der Waals surface area contributed by atoms with Crippen molar-refractivity contribution in [2.75, 3.05) is 13.1 Å². The van der Waals surface area contributed by atoms with Crippen LogP contribution in [0.2, 0.25) is 5.02 Å². The summed E-state index contributed by atoms with van der Waals surface area (Å²) in [5.41, 5.74) is 0. The summed E-state index contributed by atoms with van der Waals surface area (Å²) >= 11 is 5.80. The van der Waals surface area contributed by atoms with Gasteiger partial charge in [0.05, 0.1) is 17.7 Å². The fourth-order valence-corrected chi connectivity index (χ4v) is 3.29. The number of carbonyl (C=O) groups excluding carboxylic acids is 1. The van der Waals surface area contributed by atoms with E-state index in [1.165, 1.54) is 30.2 Å². The van der Waals surface area contributed by atoms with Crippen LogP contribution < -0.4 is 4.72 Å². The topological polar surface area (TPSA) is 79.6 Å². The number of sulfonamides is 1. The zero-order valence-corrected chi connectivity index (χ0v) is 14.1. The second-order valence-corrected chi connectivity index (χ2v) is 7.08. The molecule has 2 rings (SSSR count). The molecule has 124 valence electrons. The summed E-state index contributed by atoms with van der Waals surface area (Å²) < 4.78 is 32.0. The summed E-state index contributed by atoms with van der Waals surface area (Å²) in [6, 6.07) is 9.48. The van der Waals surface area contributed by atoms with E-state index < -0.39 is 10.0 Å². The second kappa shape index (κ2) is 7.63. The van der Waals surface area contributed by atoms with Crippen LogP contribution in [0.4, 0.5) is 0 Å². The first-order chi connectivity index (χ1) is 10.9. The molecule has 0 aliphatic heterocycles. The van der Waals surface area contributed by atoms with E-state index in [1.807, 2.05) is 0 Å². The molecule has 0 radical (unpaired) electrons. The number of nitrogens with zero attached hydrogens (tertiary/aromatic N) is 1. The van der Waals surface area contributed by atoms with Crippen LogP contribution in [0.15, 0.2) is 52.0 Å². The van der Waals surface area contributed by atoms with Gasteiger partial charge >= 0.3 is 0 Å². The van der Waals surface area contributed by atoms with E-state index in [9.17, 15) is 13.2 Å². The van der Waals surface area contributed by atoms with Gasteiger partial charge in [-0.05, 0) is 30.3 Å². The average molecular weight is 357 g/mol. The maximum absolute atomic E-state index is 12.2. The first-order valence-corrected chi connectivity index (χ1v) is 8.78. The van der Waals surface area contributed by atoms with Gasteiger partial charge < -0.3 is 9.32 Å². The quantitative estimate of drug-likeness (QED) is 0.825. The second-order valence-electron chi connectivity index (χ2n) is 4.88. The van der Waals surface area contributed by atoms with Gasteiger partial charge in [0.1, 0.15) is 5.76 Å². The van der Waals surface area contributed by atoms with Crippen molar-refractivity contribution in [2.24, 2.45) is 0 Å². The summed E-state index contributed by atoms with van der Waals surface area (Å²) in [5, 5.41) is 0.344. The zero-order valence-electron chi connectivity index (χ0n) is 12.5. The highest BCUT2D eigenvalue weighted by Crippen LogP contribution is 2.15. The van der Waals surface area contributed by atoms with Crippen molar-refractivity contribution in [2.45, 2.75) is 18.4 Å². The first kappa shape index (κ1) is 17.5. The van der Waals surface area contributed by atoms with Crippen molar-refractivity contribution < 1.29 is 17.6 Å². The van der Waals surface area contributed by atoms with Gasteiger partial charge in [0.25, 0.3) is 0 Å². The van der Waals surface area contributed by atoms with Crippen LogP contribution in [0.1, 0.15) is 12.7 Å². The third kappa shape index (κ3) is 5.09. The Kier molecular flexibility index (Phi) is 5.81. The van der Waals surface area contributed by atoms with E-state index in [4.69, 9.17) is 16.0 Å². The van der Waals surface area contributed by atoms with Crippen molar-refractivity contribution in [3.8, 4) is 0 Å². The molecule has 1 heterocycles. The van der Waals surface area contributed by atoms with Crippen molar-refractivity contribution in [3.63, 3.8) is 0 Å². The summed E-state index contributed by atoms with van der Waals surface area (Å²) in [5.74, 6) is 0.473. The normalized spacial score (nSPS) is 11.4. The molecule has 0 unspecified atom stereocenters. The minimum Gasteiger partial charge on any atom is -0.467 e. The Hall–Kier alpha value is -1.83. The van der Waals surface area contributed by atoms with E-state index in [0.717, 1.165) is 0 Å². The lowest BCUT2D eigenvalue weighted by Gasteiger charge is -2.20. The average Bonchev–Trinajstić information content (AvgIpc) is 2.99. The number of rotatable bonds is 7. The predicted molar refractivity (Wildman–Crippen MR) is 86.4 cm³/mol. The van der Waals surface area contributed by atoms with E-state index >= 15 is 0 Å². The Bertz CT molecular complexity index is 760. The van der Waals surface area contributed by atoms with E-state index in [-0.39, 0.29) is 23.9 Å². The van der Waals surface area contributed by atoms with E-state index in [0.29, 0.717) is 17.3 Å². The Morgan fingerprint density at radius 1 is 1.30 bits per heavy atom. The smallest absolute Gasteiger partial charge is 0.240 e. The maximum Gasteiger partial charge on any atom is 0.240 e. The highest BCUT2D eigenvalue weighted by Gasteiger charge is 2.16. The van der Waals surface area contributed by atoms with Crippen LogP contribution >= 0.6 is 11.6 Å². The van der Waals surface area contributed by atoms with Crippen molar-refractivity contribution in [1.82, 2.24) is 9.62 Å². The molecule has 0 aliphatic carbocycles. The van der Waals surface area contributed by atoms with Gasteiger partial charge in [-0.3, -0.25) is 4.79 Å². The fraction of sp³-hybridized carbons (Fsp3) is 0.267. The number of nitrogens with one attached hydrogen (secondary N) is 1. The molecular weight excluding hydrogens is 340 g/mol. The van der Waals surface area contributed by atoms with Gasteiger partial charge in [-0.2, -0.15) is 0 Å². The van der Waals surface area contributed by atoms with Crippen molar-refractivity contribution >= 4 is 27.5 Å². The third-order valence-electron chi connectivity index (χ3n) is 3.15. The molecule has 2 aromatic rings. The highest BCUT2D eigenvalue weighted by atomic mass is 35.5. The van der Waals surface area contributed by atoms with Gasteiger partial charge in [-0.1, -0.05) is 17.7 Å². The zero-order chi connectivity index (χ0) is 16.9. The van der Waals surface area contributed by atoms with E-state index in [2.05, 4.69) is 4.72 Å². The van der Waals surface area contributed by atoms with Crippen molar-refractivity contribution in [1.29, 1.82) is 0 Å². The molecule has 23 heavy (non-hydrogen) atoms. The van der Waals surface area contributed by atoms with Crippen LogP contribution in [0.3, 0.4) is 0 Å². The first-order valence-electron chi connectivity index (χ1n) is 6.91. The van der Waals surface area contributed by atoms with Gasteiger partial charge in [0, 0.05) is 25.0 Å². The van der Waals surface area contributed by atoms with Crippen LogP contribution in [0.25, 0.3) is 0 Å². The van der Waals surface area contributed by atoms with Crippen LogP contribution in [-0.4, -0.2) is 32.3 Å². The molecule has 0 fully saturated rings. The SMILES string of the molecule is CC(=O)N(CCNS(=O)(=O)c1cccc(Cl)c1)Cc1ccco1. The molecule has 0 saturated carbocycles. The summed E-state index contributed by atoms with van der Waals surface area (Å²) in [4.78, 5) is 13.2. The number of hydrogen-bond acceptors (Lipinski definition) is 4. The number of hydrogen-bond donors (Lipinski definition) is 1. The third-order valence-corrected chi connectivity index (χ3v) is 4.85. The van der Waals surface area contributed by atoms with Crippen LogP contribution in [-0.2, 0) is 21.4 Å².